The molecule has 0 spiro atoms. The van der Waals surface area contributed by atoms with Crippen molar-refractivity contribution in [3.63, 3.8) is 0 Å². The average Bonchev–Trinajstić information content (AvgIpc) is 2.95. The number of hydrogen-bond acceptors (Lipinski definition) is 3. The first-order valence-electron chi connectivity index (χ1n) is 9.93. The topological polar surface area (TPSA) is 68.2 Å². The molecule has 27 heavy (non-hydrogen) atoms. The maximum absolute atomic E-state index is 12.7. The number of Topliss-reactive ketones (excluding diaryl/α,β-unsaturated/α-hetero) is 1. The molecule has 0 saturated heterocycles. The molecule has 1 heterocycles. The quantitative estimate of drug-likeness (QED) is 0.624. The number of nitrogens with zero attached hydrogens (tertiary/aromatic N) is 1. The molecule has 4 nitrogen and oxygen atoms in total. The van der Waals surface area contributed by atoms with E-state index >= 15 is 0 Å². The van der Waals surface area contributed by atoms with Crippen LogP contribution in [-0.2, 0) is 19.9 Å². The number of benzene rings is 1. The van der Waals surface area contributed by atoms with Gasteiger partial charge < -0.3 is 15.4 Å². The predicted molar refractivity (Wildman–Crippen MR) is 111 cm³/mol. The number of aryl methyl sites for hydroxylation is 3. The zero-order chi connectivity index (χ0) is 20.0. The fourth-order valence-electron chi connectivity index (χ4n) is 3.50. The second-order valence-electron chi connectivity index (χ2n) is 7.85. The van der Waals surface area contributed by atoms with Crippen LogP contribution < -0.4 is 5.73 Å². The van der Waals surface area contributed by atoms with Gasteiger partial charge in [0.2, 0.25) is 0 Å². The number of aromatic nitrogens is 1. The van der Waals surface area contributed by atoms with E-state index in [-0.39, 0.29) is 12.4 Å². The van der Waals surface area contributed by atoms with Gasteiger partial charge in [0, 0.05) is 24.7 Å². The summed E-state index contributed by atoms with van der Waals surface area (Å²) in [4.78, 5) is 12.7. The summed E-state index contributed by atoms with van der Waals surface area (Å²) < 4.78 is 2.01. The number of aliphatic hydroxyl groups excluding tert-OH is 1. The SMILES string of the molecule is CC[C@](N)(CO)CCc1c(C)cc(C(=O)CCCc2ccc(C)cc2)n1C. The molecule has 0 bridgehead atoms. The lowest BCUT2D eigenvalue weighted by atomic mass is 9.91. The maximum atomic E-state index is 12.7. The van der Waals surface area contributed by atoms with Gasteiger partial charge in [-0.25, -0.2) is 0 Å². The average molecular weight is 371 g/mol. The Labute approximate surface area is 163 Å². The van der Waals surface area contributed by atoms with Gasteiger partial charge in [-0.1, -0.05) is 36.8 Å². The summed E-state index contributed by atoms with van der Waals surface area (Å²) in [5, 5.41) is 9.52. The molecule has 2 rings (SSSR count). The van der Waals surface area contributed by atoms with Crippen LogP contribution in [0.15, 0.2) is 30.3 Å². The molecule has 1 aromatic carbocycles. The van der Waals surface area contributed by atoms with Gasteiger partial charge in [0.05, 0.1) is 12.3 Å². The van der Waals surface area contributed by atoms with E-state index in [1.807, 2.05) is 31.5 Å². The Hall–Kier alpha value is -1.91. The molecule has 0 fully saturated rings. The summed E-state index contributed by atoms with van der Waals surface area (Å²) in [6, 6.07) is 10.5. The first-order chi connectivity index (χ1) is 12.8. The molecule has 0 radical (unpaired) electrons. The van der Waals surface area contributed by atoms with Gasteiger partial charge in [0.15, 0.2) is 5.78 Å². The third-order valence-electron chi connectivity index (χ3n) is 5.73. The van der Waals surface area contributed by atoms with Crippen molar-refractivity contribution < 1.29 is 9.90 Å². The summed E-state index contributed by atoms with van der Waals surface area (Å²) in [6.45, 7) is 6.11. The van der Waals surface area contributed by atoms with E-state index < -0.39 is 5.54 Å². The number of carbonyl (C=O) groups excluding carboxylic acids is 1. The van der Waals surface area contributed by atoms with E-state index in [2.05, 4.69) is 31.2 Å². The molecule has 3 N–H and O–H groups in total. The standard InChI is InChI=1S/C23H34N2O2/c1-5-23(24,16-26)14-13-20-18(3)15-21(25(20)4)22(27)8-6-7-19-11-9-17(2)10-12-19/h9-12,15,26H,5-8,13-14,16,24H2,1-4H3/t23-/m1/s1. The van der Waals surface area contributed by atoms with Crippen LogP contribution in [0.5, 0.6) is 0 Å². The Bertz CT molecular complexity index is 755. The normalized spacial score (nSPS) is 13.6. The van der Waals surface area contributed by atoms with Crippen molar-refractivity contribution in [3.05, 3.63) is 58.4 Å². The molecule has 4 heteroatoms. The number of hydrogen-bond donors (Lipinski definition) is 2. The van der Waals surface area contributed by atoms with Crippen LogP contribution in [-0.4, -0.2) is 27.6 Å². The van der Waals surface area contributed by atoms with Gasteiger partial charge in [0.25, 0.3) is 0 Å². The fraction of sp³-hybridized carbons (Fsp3) is 0.522. The maximum Gasteiger partial charge on any atom is 0.179 e. The smallest absolute Gasteiger partial charge is 0.179 e. The highest BCUT2D eigenvalue weighted by Gasteiger charge is 2.23. The Kier molecular flexibility index (Phi) is 7.40. The minimum absolute atomic E-state index is 0.0161. The molecular formula is C23H34N2O2. The molecule has 0 saturated carbocycles. The van der Waals surface area contributed by atoms with Crippen LogP contribution >= 0.6 is 0 Å². The summed E-state index contributed by atoms with van der Waals surface area (Å²) in [6.07, 6.45) is 4.54. The Morgan fingerprint density at radius 1 is 1.19 bits per heavy atom. The van der Waals surface area contributed by atoms with E-state index in [1.54, 1.807) is 0 Å². The fourth-order valence-corrected chi connectivity index (χ4v) is 3.50. The summed E-state index contributed by atoms with van der Waals surface area (Å²) >= 11 is 0. The van der Waals surface area contributed by atoms with E-state index in [0.29, 0.717) is 12.8 Å². The first kappa shape index (κ1) is 21.4. The Morgan fingerprint density at radius 3 is 2.44 bits per heavy atom. The van der Waals surface area contributed by atoms with Gasteiger partial charge in [-0.2, -0.15) is 0 Å². The van der Waals surface area contributed by atoms with Crippen LogP contribution in [0.1, 0.15) is 65.5 Å². The number of rotatable bonds is 10. The van der Waals surface area contributed by atoms with E-state index in [4.69, 9.17) is 5.73 Å². The zero-order valence-electron chi connectivity index (χ0n) is 17.2. The van der Waals surface area contributed by atoms with Crippen molar-refractivity contribution in [2.24, 2.45) is 12.8 Å². The number of nitrogens with two attached hydrogens (primary N) is 1. The van der Waals surface area contributed by atoms with Crippen molar-refractivity contribution in [2.75, 3.05) is 6.61 Å². The molecule has 0 aliphatic rings. The molecule has 1 atom stereocenters. The van der Waals surface area contributed by atoms with Crippen molar-refractivity contribution >= 4 is 5.78 Å². The van der Waals surface area contributed by atoms with Crippen molar-refractivity contribution in [2.45, 2.75) is 64.8 Å². The van der Waals surface area contributed by atoms with Gasteiger partial charge in [0.1, 0.15) is 0 Å². The molecule has 0 aliphatic heterocycles. The molecule has 0 unspecified atom stereocenters. The lowest BCUT2D eigenvalue weighted by Crippen LogP contribution is -2.43. The highest BCUT2D eigenvalue weighted by molar-refractivity contribution is 5.95. The van der Waals surface area contributed by atoms with Crippen LogP contribution in [0.25, 0.3) is 0 Å². The van der Waals surface area contributed by atoms with E-state index in [9.17, 15) is 9.90 Å². The number of carbonyl (C=O) groups is 1. The van der Waals surface area contributed by atoms with E-state index in [0.717, 1.165) is 42.6 Å². The van der Waals surface area contributed by atoms with Gasteiger partial charge in [-0.05, 0) is 63.1 Å². The van der Waals surface area contributed by atoms with Gasteiger partial charge in [-0.3, -0.25) is 4.79 Å². The third-order valence-corrected chi connectivity index (χ3v) is 5.73. The molecule has 2 aromatic rings. The minimum atomic E-state index is -0.547. The van der Waals surface area contributed by atoms with Crippen molar-refractivity contribution in [1.29, 1.82) is 0 Å². The Morgan fingerprint density at radius 2 is 1.85 bits per heavy atom. The van der Waals surface area contributed by atoms with Crippen molar-refractivity contribution in [3.8, 4) is 0 Å². The van der Waals surface area contributed by atoms with E-state index in [1.165, 1.54) is 11.1 Å². The van der Waals surface area contributed by atoms with Crippen LogP contribution in [0, 0.1) is 13.8 Å². The summed E-state index contributed by atoms with van der Waals surface area (Å²) in [5.41, 5.74) is 11.2. The molecule has 0 aliphatic carbocycles. The highest BCUT2D eigenvalue weighted by Crippen LogP contribution is 2.21. The first-order valence-corrected chi connectivity index (χ1v) is 9.93. The molecule has 1 aromatic heterocycles. The Balaban J connectivity index is 1.97. The van der Waals surface area contributed by atoms with Gasteiger partial charge in [-0.15, -0.1) is 0 Å². The number of aliphatic hydroxyl groups is 1. The third kappa shape index (κ3) is 5.53. The summed E-state index contributed by atoms with van der Waals surface area (Å²) in [7, 11) is 1.96. The minimum Gasteiger partial charge on any atom is -0.394 e. The van der Waals surface area contributed by atoms with Crippen LogP contribution in [0.4, 0.5) is 0 Å². The van der Waals surface area contributed by atoms with Crippen LogP contribution in [0.2, 0.25) is 0 Å². The second kappa shape index (κ2) is 9.34. The molecular weight excluding hydrogens is 336 g/mol. The lowest BCUT2D eigenvalue weighted by molar-refractivity contribution is 0.0972. The zero-order valence-corrected chi connectivity index (χ0v) is 17.2. The molecule has 0 amide bonds. The highest BCUT2D eigenvalue weighted by atomic mass is 16.3. The van der Waals surface area contributed by atoms with Gasteiger partial charge >= 0.3 is 0 Å². The lowest BCUT2D eigenvalue weighted by Gasteiger charge is -2.25. The predicted octanol–water partition coefficient (Wildman–Crippen LogP) is 3.88. The summed E-state index contributed by atoms with van der Waals surface area (Å²) in [5.74, 6) is 0.190. The second-order valence-corrected chi connectivity index (χ2v) is 7.85. The van der Waals surface area contributed by atoms with Crippen LogP contribution in [0.3, 0.4) is 0 Å². The van der Waals surface area contributed by atoms with Crippen molar-refractivity contribution in [1.82, 2.24) is 4.57 Å². The number of ketones is 1. The molecule has 148 valence electrons. The monoisotopic (exact) mass is 370 g/mol. The largest absolute Gasteiger partial charge is 0.394 e.